The van der Waals surface area contributed by atoms with Crippen molar-refractivity contribution in [3.05, 3.63) is 101 Å². The van der Waals surface area contributed by atoms with Gasteiger partial charge in [-0.3, -0.25) is 14.1 Å². The minimum Gasteiger partial charge on any atom is -0.495 e. The number of methoxy groups -OCH3 is 1. The average Bonchev–Trinajstić information content (AvgIpc) is 3.37. The summed E-state index contributed by atoms with van der Waals surface area (Å²) in [4.78, 5) is 22.6. The second-order valence-corrected chi connectivity index (χ2v) is 11.6. The largest absolute Gasteiger partial charge is 0.495 e. The lowest BCUT2D eigenvalue weighted by Crippen LogP contribution is -2.25. The number of rotatable bonds is 7. The Bertz CT molecular complexity index is 2140. The summed E-state index contributed by atoms with van der Waals surface area (Å²) >= 11 is 0. The molecular formula is C30H27N7O4S. The number of fused-ring (bicyclic) bond motifs is 2. The first-order valence-corrected chi connectivity index (χ1v) is 14.9. The summed E-state index contributed by atoms with van der Waals surface area (Å²) in [6.07, 6.45) is 2.42. The molecule has 3 N–H and O–H groups in total. The number of sulfonamides is 1. The van der Waals surface area contributed by atoms with Gasteiger partial charge in [0.25, 0.3) is 5.56 Å². The number of para-hydroxylation sites is 1. The monoisotopic (exact) mass is 581 g/mol. The normalized spacial score (nSPS) is 12.5. The Labute approximate surface area is 241 Å². The quantitative estimate of drug-likeness (QED) is 0.283. The molecule has 1 atom stereocenters. The summed E-state index contributed by atoms with van der Waals surface area (Å²) in [6, 6.07) is 23.4. The zero-order valence-electron chi connectivity index (χ0n) is 23.0. The molecule has 3 aromatic carbocycles. The van der Waals surface area contributed by atoms with Crippen LogP contribution in [0.15, 0.2) is 90.0 Å². The lowest BCUT2D eigenvalue weighted by Gasteiger charge is -2.20. The molecule has 0 spiro atoms. The molecule has 0 amide bonds. The third-order valence-electron chi connectivity index (χ3n) is 7.05. The van der Waals surface area contributed by atoms with Crippen LogP contribution in [0, 0.1) is 0 Å². The Balaban J connectivity index is 1.60. The van der Waals surface area contributed by atoms with Gasteiger partial charge in [0, 0.05) is 16.6 Å². The van der Waals surface area contributed by atoms with E-state index in [1.54, 1.807) is 27.4 Å². The van der Waals surface area contributed by atoms with E-state index in [9.17, 15) is 13.2 Å². The number of benzene rings is 3. The second kappa shape index (κ2) is 10.3. The van der Waals surface area contributed by atoms with Crippen LogP contribution in [0.2, 0.25) is 0 Å². The third kappa shape index (κ3) is 4.71. The van der Waals surface area contributed by atoms with E-state index in [1.165, 1.54) is 13.4 Å². The van der Waals surface area contributed by atoms with E-state index in [0.717, 1.165) is 11.6 Å². The van der Waals surface area contributed by atoms with Crippen LogP contribution in [0.1, 0.15) is 18.7 Å². The van der Waals surface area contributed by atoms with E-state index in [2.05, 4.69) is 14.7 Å². The maximum Gasteiger partial charge on any atom is 0.263 e. The van der Waals surface area contributed by atoms with Gasteiger partial charge in [0.2, 0.25) is 10.0 Å². The van der Waals surface area contributed by atoms with Crippen LogP contribution >= 0.6 is 0 Å². The Morgan fingerprint density at radius 2 is 1.71 bits per heavy atom. The number of anilines is 2. The Kier molecular flexibility index (Phi) is 6.62. The number of hydrogen-bond donors (Lipinski definition) is 2. The van der Waals surface area contributed by atoms with Crippen molar-refractivity contribution in [2.45, 2.75) is 13.0 Å². The number of nitrogens with two attached hydrogens (primary N) is 1. The topological polar surface area (TPSA) is 147 Å². The maximum absolute atomic E-state index is 13.9. The van der Waals surface area contributed by atoms with Crippen molar-refractivity contribution >= 4 is 43.3 Å². The van der Waals surface area contributed by atoms with Crippen molar-refractivity contribution in [3.63, 3.8) is 0 Å². The lowest BCUT2D eigenvalue weighted by atomic mass is 10.1. The van der Waals surface area contributed by atoms with Crippen molar-refractivity contribution in [1.82, 2.24) is 24.3 Å². The molecule has 6 aromatic rings. The Morgan fingerprint density at radius 1 is 0.976 bits per heavy atom. The Hall–Kier alpha value is -5.23. The fourth-order valence-electron chi connectivity index (χ4n) is 5.16. The summed E-state index contributed by atoms with van der Waals surface area (Å²) in [5.41, 5.74) is 9.33. The molecule has 1 unspecified atom stereocenters. The molecule has 0 saturated carbocycles. The first kappa shape index (κ1) is 27.0. The summed E-state index contributed by atoms with van der Waals surface area (Å²) in [5.74, 6) is 0.550. The molecule has 212 valence electrons. The molecule has 0 saturated heterocycles. The number of pyridine rings is 1. The maximum atomic E-state index is 13.9. The molecule has 0 aliphatic heterocycles. The highest BCUT2D eigenvalue weighted by atomic mass is 32.2. The number of nitrogens with zero attached hydrogens (tertiary/aromatic N) is 5. The number of aromatic nitrogens is 5. The van der Waals surface area contributed by atoms with E-state index >= 15 is 0 Å². The number of hydrogen-bond acceptors (Lipinski definition) is 8. The Morgan fingerprint density at radius 3 is 2.45 bits per heavy atom. The molecule has 12 heteroatoms. The summed E-state index contributed by atoms with van der Waals surface area (Å²) < 4.78 is 35.3. The van der Waals surface area contributed by atoms with Gasteiger partial charge in [0.05, 0.1) is 36.2 Å². The average molecular weight is 582 g/mol. The fraction of sp³-hybridized carbons (Fsp3) is 0.133. The van der Waals surface area contributed by atoms with Crippen molar-refractivity contribution in [2.75, 3.05) is 23.8 Å². The van der Waals surface area contributed by atoms with Gasteiger partial charge >= 0.3 is 0 Å². The lowest BCUT2D eigenvalue weighted by molar-refractivity contribution is 0.417. The molecule has 0 bridgehead atoms. The highest BCUT2D eigenvalue weighted by molar-refractivity contribution is 7.92. The van der Waals surface area contributed by atoms with Crippen molar-refractivity contribution in [2.24, 2.45) is 0 Å². The minimum atomic E-state index is -3.59. The van der Waals surface area contributed by atoms with Crippen molar-refractivity contribution in [3.8, 4) is 22.7 Å². The van der Waals surface area contributed by atoms with Gasteiger partial charge in [-0.25, -0.2) is 23.1 Å². The molecule has 3 aromatic heterocycles. The molecule has 42 heavy (non-hydrogen) atoms. The van der Waals surface area contributed by atoms with Crippen molar-refractivity contribution < 1.29 is 13.2 Å². The van der Waals surface area contributed by atoms with Crippen LogP contribution in [0.25, 0.3) is 38.8 Å². The molecule has 0 aliphatic rings. The van der Waals surface area contributed by atoms with E-state index in [4.69, 9.17) is 15.6 Å². The summed E-state index contributed by atoms with van der Waals surface area (Å²) in [6.45, 7) is 1.93. The molecule has 11 nitrogen and oxygen atoms in total. The first-order chi connectivity index (χ1) is 20.2. The summed E-state index contributed by atoms with van der Waals surface area (Å²) in [5, 5.41) is 6.83. The molecule has 0 radical (unpaired) electrons. The SMILES string of the molecule is COc1ccc(-c2nn(C(C)c3cc4ccccc4c(=O)n3-c3ccccc3)c3ncnc(N)c23)cc1NS(C)(=O)=O. The van der Waals surface area contributed by atoms with Crippen LogP contribution in [0.5, 0.6) is 5.75 Å². The van der Waals surface area contributed by atoms with E-state index in [1.807, 2.05) is 67.6 Å². The van der Waals surface area contributed by atoms with Gasteiger partial charge in [-0.1, -0.05) is 36.4 Å². The number of nitrogens with one attached hydrogen (secondary N) is 1. The second-order valence-electron chi connectivity index (χ2n) is 9.85. The predicted octanol–water partition coefficient (Wildman–Crippen LogP) is 4.37. The minimum absolute atomic E-state index is 0.154. The molecule has 6 rings (SSSR count). The molecule has 3 heterocycles. The van der Waals surface area contributed by atoms with E-state index < -0.39 is 16.1 Å². The van der Waals surface area contributed by atoms with Crippen molar-refractivity contribution in [1.29, 1.82) is 0 Å². The van der Waals surface area contributed by atoms with Crippen LogP contribution in [0.4, 0.5) is 11.5 Å². The summed E-state index contributed by atoms with van der Waals surface area (Å²) in [7, 11) is -2.14. The van der Waals surface area contributed by atoms with E-state index in [0.29, 0.717) is 44.8 Å². The number of ether oxygens (including phenoxy) is 1. The van der Waals surface area contributed by atoms with Crippen LogP contribution in [0.3, 0.4) is 0 Å². The van der Waals surface area contributed by atoms with Gasteiger partial charge in [-0.05, 0) is 54.8 Å². The predicted molar refractivity (Wildman–Crippen MR) is 164 cm³/mol. The number of nitrogen functional groups attached to an aromatic ring is 1. The zero-order valence-corrected chi connectivity index (χ0v) is 23.8. The van der Waals surface area contributed by atoms with Gasteiger partial charge in [-0.15, -0.1) is 0 Å². The molecular weight excluding hydrogens is 554 g/mol. The fourth-order valence-corrected chi connectivity index (χ4v) is 5.72. The van der Waals surface area contributed by atoms with Gasteiger partial charge in [0.15, 0.2) is 5.65 Å². The van der Waals surface area contributed by atoms with Crippen LogP contribution in [-0.4, -0.2) is 46.1 Å². The van der Waals surface area contributed by atoms with Gasteiger partial charge in [-0.2, -0.15) is 5.10 Å². The standard InChI is InChI=1S/C30H27N7O4S/c1-18(24-16-19-9-7-8-12-22(19)30(38)36(24)21-10-5-4-6-11-21)37-29-26(28(31)32-17-33-29)27(34-37)20-13-14-25(41-2)23(15-20)35-42(3,39)40/h4-18,35H,1-3H3,(H2,31,32,33). The van der Waals surface area contributed by atoms with Gasteiger partial charge < -0.3 is 10.5 Å². The van der Waals surface area contributed by atoms with Gasteiger partial charge in [0.1, 0.15) is 23.6 Å². The smallest absolute Gasteiger partial charge is 0.263 e. The van der Waals surface area contributed by atoms with Crippen LogP contribution in [-0.2, 0) is 10.0 Å². The highest BCUT2D eigenvalue weighted by Crippen LogP contribution is 2.37. The third-order valence-corrected chi connectivity index (χ3v) is 7.64. The first-order valence-electron chi connectivity index (χ1n) is 13.0. The highest BCUT2D eigenvalue weighted by Gasteiger charge is 2.25. The van der Waals surface area contributed by atoms with Crippen LogP contribution < -0.4 is 20.8 Å². The molecule has 0 fully saturated rings. The molecule has 0 aliphatic carbocycles. The zero-order chi connectivity index (χ0) is 29.6. The van der Waals surface area contributed by atoms with E-state index in [-0.39, 0.29) is 17.1 Å².